The molecule has 0 bridgehead atoms. The molecule has 0 unspecified atom stereocenters. The summed E-state index contributed by atoms with van der Waals surface area (Å²) < 4.78 is 141. The van der Waals surface area contributed by atoms with Crippen LogP contribution in [0, 0.1) is 6.85 Å². The van der Waals surface area contributed by atoms with Crippen LogP contribution in [0.2, 0.25) is 0 Å². The van der Waals surface area contributed by atoms with Crippen molar-refractivity contribution in [3.8, 4) is 67.5 Å². The third-order valence-corrected chi connectivity index (χ3v) is 11.5. The number of hydrogen-bond acceptors (Lipinski definition) is 3. The van der Waals surface area contributed by atoms with Gasteiger partial charge in [-0.05, 0) is 116 Å². The number of phenolic OH excluding ortho intramolecular Hbond substituents is 1. The van der Waals surface area contributed by atoms with Crippen molar-refractivity contribution in [2.45, 2.75) is 111 Å². The molecule has 63 heavy (non-hydrogen) atoms. The van der Waals surface area contributed by atoms with Crippen LogP contribution in [-0.4, -0.2) is 19.6 Å². The number of phenols is 1. The Bertz CT molecular complexity index is 3700. The van der Waals surface area contributed by atoms with E-state index in [0.29, 0.717) is 33.4 Å². The van der Waals surface area contributed by atoms with E-state index in [9.17, 15) is 6.48 Å². The van der Waals surface area contributed by atoms with Gasteiger partial charge in [-0.3, -0.25) is 9.55 Å². The number of rotatable bonds is 6. The van der Waals surface area contributed by atoms with Crippen molar-refractivity contribution in [3.63, 3.8) is 0 Å². The van der Waals surface area contributed by atoms with E-state index in [0.717, 1.165) is 29.2 Å². The second kappa shape index (κ2) is 15.8. The summed E-state index contributed by atoms with van der Waals surface area (Å²) in [6.07, 6.45) is -0.637. The lowest BCUT2D eigenvalue weighted by Gasteiger charge is -2.28. The molecule has 0 saturated carbocycles. The molecule has 4 heteroatoms. The molecule has 0 amide bonds. The summed E-state index contributed by atoms with van der Waals surface area (Å²) in [5.74, 6) is -0.415. The molecular formula is C59H63N3O. The van der Waals surface area contributed by atoms with Crippen molar-refractivity contribution in [2.75, 3.05) is 0 Å². The summed E-state index contributed by atoms with van der Waals surface area (Å²) in [5.41, 5.74) is 0.564. The number of pyridine rings is 1. The van der Waals surface area contributed by atoms with E-state index in [-0.39, 0.29) is 33.6 Å². The summed E-state index contributed by atoms with van der Waals surface area (Å²) in [4.78, 5) is 9.85. The molecule has 0 aliphatic carbocycles. The van der Waals surface area contributed by atoms with Crippen LogP contribution in [0.1, 0.15) is 133 Å². The fourth-order valence-corrected chi connectivity index (χ4v) is 7.79. The molecule has 1 N–H and O–H groups in total. The molecule has 320 valence electrons. The summed E-state index contributed by atoms with van der Waals surface area (Å²) in [7, 11) is 0. The van der Waals surface area contributed by atoms with Crippen molar-refractivity contribution >= 4 is 11.0 Å². The van der Waals surface area contributed by atoms with Crippen LogP contribution >= 0.6 is 0 Å². The fourth-order valence-electron chi connectivity index (χ4n) is 7.79. The van der Waals surface area contributed by atoms with Crippen LogP contribution < -0.4 is 0 Å². The molecule has 0 atom stereocenters. The molecule has 0 aliphatic rings. The van der Waals surface area contributed by atoms with Crippen LogP contribution in [-0.2, 0) is 21.7 Å². The Morgan fingerprint density at radius 1 is 0.556 bits per heavy atom. The van der Waals surface area contributed by atoms with Crippen molar-refractivity contribution < 1.29 is 27.0 Å². The first kappa shape index (κ1) is 27.7. The first-order valence-electron chi connectivity index (χ1n) is 29.1. The first-order valence-corrected chi connectivity index (χ1v) is 21.1. The van der Waals surface area contributed by atoms with Crippen molar-refractivity contribution in [3.05, 3.63) is 167 Å². The van der Waals surface area contributed by atoms with Gasteiger partial charge in [0.25, 0.3) is 0 Å². The average molecular weight is 846 g/mol. The topological polar surface area (TPSA) is 50.9 Å². The van der Waals surface area contributed by atoms with Crippen LogP contribution in [0.3, 0.4) is 0 Å². The molecule has 2 aromatic heterocycles. The third-order valence-electron chi connectivity index (χ3n) is 11.5. The number of para-hydroxylation sites is 1. The number of aromatic nitrogens is 3. The van der Waals surface area contributed by atoms with Crippen LogP contribution in [0.25, 0.3) is 72.7 Å². The maximum atomic E-state index is 12.8. The van der Waals surface area contributed by atoms with Crippen LogP contribution in [0.4, 0.5) is 0 Å². The number of benzene rings is 6. The van der Waals surface area contributed by atoms with Gasteiger partial charge in [0.2, 0.25) is 0 Å². The van der Waals surface area contributed by atoms with Crippen molar-refractivity contribution in [1.82, 2.24) is 14.5 Å². The lowest BCUT2D eigenvalue weighted by Crippen LogP contribution is -2.17. The Hall–Kier alpha value is -6.26. The second-order valence-electron chi connectivity index (χ2n) is 19.6. The summed E-state index contributed by atoms with van der Waals surface area (Å²) >= 11 is 0. The number of imidazole rings is 1. The van der Waals surface area contributed by atoms with Gasteiger partial charge in [-0.1, -0.05) is 173 Å². The van der Waals surface area contributed by atoms with Gasteiger partial charge in [0, 0.05) is 40.8 Å². The Balaban J connectivity index is 1.52. The molecular weight excluding hydrogens is 767 g/mol. The van der Waals surface area contributed by atoms with Crippen LogP contribution in [0.15, 0.2) is 139 Å². The van der Waals surface area contributed by atoms with E-state index < -0.39 is 102 Å². The predicted octanol–water partition coefficient (Wildman–Crippen LogP) is 16.0. The van der Waals surface area contributed by atoms with Gasteiger partial charge in [0.1, 0.15) is 11.6 Å². The molecule has 0 aliphatic heterocycles. The Labute approximate surface area is 398 Å². The quantitative estimate of drug-likeness (QED) is 0.181. The van der Waals surface area contributed by atoms with E-state index in [1.165, 1.54) is 6.07 Å². The smallest absolute Gasteiger partial charge is 0.149 e. The largest absolute Gasteiger partial charge is 0.507 e. The van der Waals surface area contributed by atoms with Crippen LogP contribution in [0.5, 0.6) is 5.75 Å². The molecule has 4 nitrogen and oxygen atoms in total. The average Bonchev–Trinajstić information content (AvgIpc) is 3.86. The molecule has 0 fully saturated rings. The van der Waals surface area contributed by atoms with Gasteiger partial charge in [-0.15, -0.1) is 0 Å². The Morgan fingerprint density at radius 3 is 1.89 bits per heavy atom. The highest BCUT2D eigenvalue weighted by atomic mass is 16.3. The van der Waals surface area contributed by atoms with Gasteiger partial charge in [0.05, 0.1) is 37.6 Å². The minimum Gasteiger partial charge on any atom is -0.507 e. The molecule has 8 aromatic rings. The van der Waals surface area contributed by atoms with E-state index in [4.69, 9.17) is 25.5 Å². The van der Waals surface area contributed by atoms with Crippen molar-refractivity contribution in [1.29, 1.82) is 0 Å². The highest BCUT2D eigenvalue weighted by Gasteiger charge is 2.30. The maximum Gasteiger partial charge on any atom is 0.149 e. The minimum atomic E-state index is -3.13. The van der Waals surface area contributed by atoms with Gasteiger partial charge in [0.15, 0.2) is 0 Å². The van der Waals surface area contributed by atoms with E-state index in [2.05, 4.69) is 31.8 Å². The maximum absolute atomic E-state index is 12.8. The van der Waals surface area contributed by atoms with Gasteiger partial charge >= 0.3 is 0 Å². The summed E-state index contributed by atoms with van der Waals surface area (Å²) in [6, 6.07) is 25.6. The normalized spacial score (nSPS) is 16.9. The third kappa shape index (κ3) is 8.61. The number of fused-ring (bicyclic) bond motifs is 1. The monoisotopic (exact) mass is 846 g/mol. The molecule has 6 aromatic carbocycles. The molecule has 8 rings (SSSR count). The SMILES string of the molecule is [2H]c1nc(-c2cc(-c3cccc4c3nc(-c3cc(C(C)(C)C)cc(C(C)(C([2H])([2H])[2H])C([2H])([2H])[2H])c3O)n4-c3ccc(C(C)(C)C)cc3-c3ccccc3)cc(C(C)(C)C)c2)c([2H])c(-c2c([2H])c([2H])c(C([2H])([2H])[2H])c([2H])c2[2H])c1[2H]. The lowest BCUT2D eigenvalue weighted by molar-refractivity contribution is 0.446. The zero-order valence-corrected chi connectivity index (χ0v) is 37.5. The summed E-state index contributed by atoms with van der Waals surface area (Å²) in [6.45, 7) is 9.84. The fraction of sp³-hybridized carbons (Fsp3) is 0.288. The van der Waals surface area contributed by atoms with E-state index in [1.54, 1.807) is 18.2 Å². The number of aromatic hydroxyl groups is 1. The zero-order chi connectivity index (χ0) is 58.8. The molecule has 2 heterocycles. The minimum absolute atomic E-state index is 0.0717. The van der Waals surface area contributed by atoms with Crippen molar-refractivity contribution in [2.24, 2.45) is 0 Å². The zero-order valence-electron chi connectivity index (χ0n) is 53.5. The second-order valence-corrected chi connectivity index (χ2v) is 19.6. The Kier molecular flexibility index (Phi) is 6.96. The molecule has 0 saturated heterocycles. The highest BCUT2D eigenvalue weighted by molar-refractivity contribution is 5.98. The molecule has 0 spiro atoms. The lowest BCUT2D eigenvalue weighted by atomic mass is 9.79. The summed E-state index contributed by atoms with van der Waals surface area (Å²) in [5, 5.41) is 12.8. The predicted molar refractivity (Wildman–Crippen MR) is 267 cm³/mol. The standard InChI is InChI=1S/C59H63N3O/c1-37-22-24-38(25-23-37)40-28-29-60-50(33-40)42-30-41(31-44(32-42)57(5,6)7)46-20-17-21-52-53(46)61-55(48-35-45(58(8,9)10)36-49(54(48)63)59(11,12)13)62(52)51-27-26-43(56(2,3)4)34-47(51)39-18-15-14-16-19-39/h14-36,63H,1-13H3/i1D3,11D3,12D3,22D,23D,24D,25D,28D,29D,33D. The van der Waals surface area contributed by atoms with E-state index in [1.807, 2.05) is 113 Å². The number of hydrogen-bond donors (Lipinski definition) is 1. The first-order chi connectivity index (χ1) is 36.2. The molecule has 0 radical (unpaired) electrons. The van der Waals surface area contributed by atoms with Gasteiger partial charge in [-0.25, -0.2) is 4.98 Å². The van der Waals surface area contributed by atoms with Gasteiger partial charge in [-0.2, -0.15) is 0 Å². The van der Waals surface area contributed by atoms with Gasteiger partial charge < -0.3 is 5.11 Å². The number of nitrogens with zero attached hydrogens (tertiary/aromatic N) is 3. The Morgan fingerprint density at radius 2 is 1.22 bits per heavy atom. The highest BCUT2D eigenvalue weighted by Crippen LogP contribution is 2.46. The van der Waals surface area contributed by atoms with E-state index >= 15 is 0 Å².